The van der Waals surface area contributed by atoms with Crippen LogP contribution in [0, 0.1) is 5.82 Å². The van der Waals surface area contributed by atoms with Crippen LogP contribution >= 0.6 is 0 Å². The molecule has 3 aromatic heterocycles. The van der Waals surface area contributed by atoms with Crippen molar-refractivity contribution in [1.82, 2.24) is 24.7 Å². The van der Waals surface area contributed by atoms with Crippen molar-refractivity contribution in [1.29, 1.82) is 0 Å². The maximum absolute atomic E-state index is 14.1. The molecule has 3 heterocycles. The van der Waals surface area contributed by atoms with E-state index >= 15 is 0 Å². The highest BCUT2D eigenvalue weighted by atomic mass is 19.1. The van der Waals surface area contributed by atoms with E-state index in [4.69, 9.17) is 5.73 Å². The first-order chi connectivity index (χ1) is 14.1. The molecule has 1 aromatic carbocycles. The normalized spacial score (nSPS) is 15.0. The van der Waals surface area contributed by atoms with Crippen LogP contribution in [0.25, 0.3) is 22.6 Å². The molecule has 29 heavy (non-hydrogen) atoms. The van der Waals surface area contributed by atoms with Gasteiger partial charge in [0, 0.05) is 28.9 Å². The quantitative estimate of drug-likeness (QED) is 0.560. The summed E-state index contributed by atoms with van der Waals surface area (Å²) in [4.78, 5) is 13.2. The Bertz CT molecular complexity index is 1220. The summed E-state index contributed by atoms with van der Waals surface area (Å²) in [6, 6.07) is 10.2. The number of anilines is 1. The second-order valence-corrected chi connectivity index (χ2v) is 7.38. The average molecular weight is 392 g/mol. The second kappa shape index (κ2) is 6.58. The molecule has 0 bridgehead atoms. The maximum Gasteiger partial charge on any atom is 0.182 e. The number of hydrogen-bond acceptors (Lipinski definition) is 5. The number of nitrogens with two attached hydrogens (primary N) is 1. The smallest absolute Gasteiger partial charge is 0.182 e. The molecule has 0 spiro atoms. The lowest BCUT2D eigenvalue weighted by Crippen LogP contribution is -2.14. The second-order valence-electron chi connectivity index (χ2n) is 7.38. The van der Waals surface area contributed by atoms with E-state index in [0.717, 1.165) is 18.2 Å². The summed E-state index contributed by atoms with van der Waals surface area (Å²) in [6.45, 7) is -0.247. The average Bonchev–Trinajstić information content (AvgIpc) is 3.45. The molecule has 6 nitrogen and oxygen atoms in total. The Morgan fingerprint density at radius 3 is 2.66 bits per heavy atom. The molecule has 2 N–H and O–H groups in total. The van der Waals surface area contributed by atoms with E-state index in [0.29, 0.717) is 28.3 Å². The summed E-state index contributed by atoms with van der Waals surface area (Å²) in [6.07, 6.45) is 4.76. The fourth-order valence-corrected chi connectivity index (χ4v) is 3.62. The van der Waals surface area contributed by atoms with Crippen LogP contribution < -0.4 is 5.73 Å². The van der Waals surface area contributed by atoms with Crippen LogP contribution in [0.1, 0.15) is 24.0 Å². The number of nitrogen functional groups attached to an aromatic ring is 1. The Hall–Kier alpha value is -3.42. The first-order valence-corrected chi connectivity index (χ1v) is 9.35. The van der Waals surface area contributed by atoms with Crippen LogP contribution in [-0.4, -0.2) is 31.4 Å². The molecule has 0 amide bonds. The highest BCUT2D eigenvalue weighted by Crippen LogP contribution is 2.50. The van der Waals surface area contributed by atoms with Crippen molar-refractivity contribution in [3.8, 4) is 11.5 Å². The molecule has 1 aliphatic carbocycles. The number of pyridine rings is 1. The van der Waals surface area contributed by atoms with Crippen LogP contribution in [0.15, 0.2) is 48.8 Å². The van der Waals surface area contributed by atoms with Gasteiger partial charge in [0.15, 0.2) is 11.5 Å². The number of aromatic nitrogens is 5. The number of halogens is 2. The lowest BCUT2D eigenvalue weighted by Gasteiger charge is -2.12. The third-order valence-corrected chi connectivity index (χ3v) is 5.50. The van der Waals surface area contributed by atoms with Crippen LogP contribution in [0.2, 0.25) is 0 Å². The van der Waals surface area contributed by atoms with Crippen molar-refractivity contribution in [3.63, 3.8) is 0 Å². The predicted molar refractivity (Wildman–Crippen MR) is 105 cm³/mol. The van der Waals surface area contributed by atoms with E-state index in [1.54, 1.807) is 41.3 Å². The highest BCUT2D eigenvalue weighted by molar-refractivity contribution is 5.89. The summed E-state index contributed by atoms with van der Waals surface area (Å²) in [5, 5.41) is 5.34. The Morgan fingerprint density at radius 2 is 1.93 bits per heavy atom. The van der Waals surface area contributed by atoms with Gasteiger partial charge >= 0.3 is 0 Å². The van der Waals surface area contributed by atoms with Gasteiger partial charge in [-0.05, 0) is 31.0 Å². The van der Waals surface area contributed by atoms with Crippen LogP contribution in [0.3, 0.4) is 0 Å². The summed E-state index contributed by atoms with van der Waals surface area (Å²) in [5.41, 5.74) is 7.86. The Balaban J connectivity index is 1.59. The predicted octanol–water partition coefficient (Wildman–Crippen LogP) is 3.66. The molecule has 0 aliphatic heterocycles. The van der Waals surface area contributed by atoms with Gasteiger partial charge in [-0.3, -0.25) is 4.39 Å². The van der Waals surface area contributed by atoms with Crippen LogP contribution in [0.4, 0.5) is 14.6 Å². The zero-order chi connectivity index (χ0) is 20.0. The highest BCUT2D eigenvalue weighted by Gasteiger charge is 2.46. The van der Waals surface area contributed by atoms with Crippen molar-refractivity contribution in [2.24, 2.45) is 0 Å². The minimum absolute atomic E-state index is 0.221. The van der Waals surface area contributed by atoms with Crippen molar-refractivity contribution in [3.05, 3.63) is 65.7 Å². The third-order valence-electron chi connectivity index (χ3n) is 5.50. The summed E-state index contributed by atoms with van der Waals surface area (Å²) in [5.74, 6) is 0.302. The molecule has 0 radical (unpaired) electrons. The van der Waals surface area contributed by atoms with Crippen molar-refractivity contribution in [2.75, 3.05) is 12.4 Å². The minimum Gasteiger partial charge on any atom is -0.383 e. The summed E-state index contributed by atoms with van der Waals surface area (Å²) >= 11 is 0. The number of alkyl halides is 1. The molecule has 0 saturated heterocycles. The van der Waals surface area contributed by atoms with Gasteiger partial charge < -0.3 is 5.73 Å². The fraction of sp³-hybridized carbons (Fsp3) is 0.238. The van der Waals surface area contributed by atoms with Crippen LogP contribution in [-0.2, 0) is 12.0 Å². The Morgan fingerprint density at radius 1 is 1.10 bits per heavy atom. The Kier molecular flexibility index (Phi) is 4.01. The molecule has 0 unspecified atom stereocenters. The molecule has 4 aromatic rings. The van der Waals surface area contributed by atoms with Crippen molar-refractivity contribution < 1.29 is 8.78 Å². The van der Waals surface area contributed by atoms with E-state index in [2.05, 4.69) is 20.1 Å². The van der Waals surface area contributed by atoms with Gasteiger partial charge in [0.1, 0.15) is 17.3 Å². The van der Waals surface area contributed by atoms with Crippen molar-refractivity contribution >= 4 is 16.9 Å². The zero-order valence-electron chi connectivity index (χ0n) is 15.5. The molecule has 1 fully saturated rings. The van der Waals surface area contributed by atoms with Crippen molar-refractivity contribution in [2.45, 2.75) is 24.8 Å². The van der Waals surface area contributed by atoms with Gasteiger partial charge in [0.2, 0.25) is 0 Å². The minimum atomic E-state index is -0.531. The lowest BCUT2D eigenvalue weighted by molar-refractivity contribution is 0.417. The number of benzene rings is 1. The number of fused-ring (bicyclic) bond motifs is 1. The standard InChI is InChI=1S/C21H18F2N6/c22-12-21(7-8-21)15-10-26-19(27-18(15)24)17-14-5-3-9-25-20(14)29(28-17)11-13-4-1-2-6-16(13)23/h1-6,9-10H,7-8,11-12H2,(H2,24,26,27). The van der Waals surface area contributed by atoms with Crippen LogP contribution in [0.5, 0.6) is 0 Å². The van der Waals surface area contributed by atoms with Gasteiger partial charge in [-0.15, -0.1) is 0 Å². The van der Waals surface area contributed by atoms with E-state index < -0.39 is 12.1 Å². The topological polar surface area (TPSA) is 82.5 Å². The molecule has 5 rings (SSSR count). The molecule has 0 atom stereocenters. The Labute approximate surface area is 165 Å². The SMILES string of the molecule is Nc1nc(-c2nn(Cc3ccccc3F)c3ncccc23)ncc1C1(CF)CC1. The fourth-order valence-electron chi connectivity index (χ4n) is 3.62. The first-order valence-electron chi connectivity index (χ1n) is 9.35. The van der Waals surface area contributed by atoms with Gasteiger partial charge in [-0.25, -0.2) is 24.0 Å². The van der Waals surface area contributed by atoms with E-state index in [1.165, 1.54) is 6.07 Å². The summed E-state index contributed by atoms with van der Waals surface area (Å²) in [7, 11) is 0. The molecular formula is C21H18F2N6. The van der Waals surface area contributed by atoms with E-state index in [-0.39, 0.29) is 18.2 Å². The number of hydrogen-bond donors (Lipinski definition) is 1. The monoisotopic (exact) mass is 392 g/mol. The largest absolute Gasteiger partial charge is 0.383 e. The van der Waals surface area contributed by atoms with Gasteiger partial charge in [-0.1, -0.05) is 18.2 Å². The molecular weight excluding hydrogens is 374 g/mol. The molecule has 8 heteroatoms. The molecule has 1 aliphatic rings. The summed E-state index contributed by atoms with van der Waals surface area (Å²) < 4.78 is 29.2. The van der Waals surface area contributed by atoms with E-state index in [9.17, 15) is 8.78 Å². The molecule has 146 valence electrons. The van der Waals surface area contributed by atoms with Gasteiger partial charge in [0.05, 0.1) is 18.6 Å². The number of nitrogens with zero attached hydrogens (tertiary/aromatic N) is 5. The number of rotatable bonds is 5. The van der Waals surface area contributed by atoms with Gasteiger partial charge in [0.25, 0.3) is 0 Å². The third kappa shape index (κ3) is 2.91. The van der Waals surface area contributed by atoms with E-state index in [1.807, 2.05) is 6.07 Å². The van der Waals surface area contributed by atoms with Gasteiger partial charge in [-0.2, -0.15) is 5.10 Å². The maximum atomic E-state index is 14.1. The molecule has 1 saturated carbocycles. The first kappa shape index (κ1) is 17.7. The zero-order valence-corrected chi connectivity index (χ0v) is 15.5. The lowest BCUT2D eigenvalue weighted by atomic mass is 10.00.